The van der Waals surface area contributed by atoms with Crippen LogP contribution >= 0.6 is 0 Å². The lowest BCUT2D eigenvalue weighted by Gasteiger charge is -2.10. The molecule has 0 aromatic heterocycles. The van der Waals surface area contributed by atoms with Crippen molar-refractivity contribution in [3.63, 3.8) is 0 Å². The number of carbonyl (C=O) groups excluding carboxylic acids is 3. The second kappa shape index (κ2) is 10.9. The van der Waals surface area contributed by atoms with Crippen molar-refractivity contribution in [2.75, 3.05) is 25.6 Å². The zero-order chi connectivity index (χ0) is 21.9. The first-order valence-electron chi connectivity index (χ1n) is 8.65. The highest BCUT2D eigenvalue weighted by Crippen LogP contribution is 2.28. The summed E-state index contributed by atoms with van der Waals surface area (Å²) in [7, 11) is 1.43. The van der Waals surface area contributed by atoms with E-state index in [4.69, 9.17) is 25.2 Å². The number of anilines is 1. The van der Waals surface area contributed by atoms with Crippen LogP contribution in [0.1, 0.15) is 11.1 Å². The Bertz CT molecular complexity index is 1010. The molecule has 3 N–H and O–H groups in total. The molecule has 0 spiro atoms. The van der Waals surface area contributed by atoms with Gasteiger partial charge in [-0.1, -0.05) is 12.1 Å². The van der Waals surface area contributed by atoms with Crippen LogP contribution in [0.25, 0.3) is 6.08 Å². The topological polar surface area (TPSA) is 141 Å². The van der Waals surface area contributed by atoms with Gasteiger partial charge in [0, 0.05) is 11.8 Å². The van der Waals surface area contributed by atoms with E-state index < -0.39 is 24.4 Å². The Morgan fingerprint density at radius 1 is 1.13 bits per heavy atom. The Morgan fingerprint density at radius 3 is 2.63 bits per heavy atom. The Kier molecular flexibility index (Phi) is 7.96. The maximum atomic E-state index is 11.9. The third kappa shape index (κ3) is 7.01. The summed E-state index contributed by atoms with van der Waals surface area (Å²) in [4.78, 5) is 34.5. The molecule has 2 aromatic carbocycles. The number of ether oxygens (including phenoxy) is 3. The van der Waals surface area contributed by atoms with E-state index in [1.54, 1.807) is 36.4 Å². The standard InChI is InChI=1S/C21H19N3O6/c1-28-18-10-14(5-7-17(18)29-12-19(23)25)6-8-21(27)30-13-20(26)24-16-4-2-3-15(9-16)11-22/h2-10H,12-13H2,1H3,(H2,23,25)(H,24,26)/b8-6+. The molecule has 0 saturated carbocycles. The van der Waals surface area contributed by atoms with Crippen LogP contribution in [0.15, 0.2) is 48.5 Å². The van der Waals surface area contributed by atoms with Crippen LogP contribution < -0.4 is 20.5 Å². The predicted octanol–water partition coefficient (Wildman–Crippen LogP) is 1.63. The predicted molar refractivity (Wildman–Crippen MR) is 107 cm³/mol. The van der Waals surface area contributed by atoms with E-state index >= 15 is 0 Å². The van der Waals surface area contributed by atoms with Crippen molar-refractivity contribution in [2.24, 2.45) is 5.73 Å². The van der Waals surface area contributed by atoms with E-state index in [2.05, 4.69) is 5.32 Å². The molecule has 0 aliphatic rings. The fourth-order valence-corrected chi connectivity index (χ4v) is 2.27. The molecule has 0 heterocycles. The van der Waals surface area contributed by atoms with E-state index in [-0.39, 0.29) is 6.61 Å². The van der Waals surface area contributed by atoms with Crippen LogP contribution in [0.2, 0.25) is 0 Å². The van der Waals surface area contributed by atoms with Gasteiger partial charge in [-0.2, -0.15) is 5.26 Å². The minimum atomic E-state index is -0.719. The number of nitrogens with zero attached hydrogens (tertiary/aromatic N) is 1. The molecular formula is C21H19N3O6. The number of amides is 2. The Balaban J connectivity index is 1.88. The molecular weight excluding hydrogens is 390 g/mol. The molecule has 0 aliphatic heterocycles. The molecule has 2 amide bonds. The number of nitrogens with two attached hydrogens (primary N) is 1. The highest BCUT2D eigenvalue weighted by molar-refractivity contribution is 5.94. The quantitative estimate of drug-likeness (QED) is 0.474. The van der Waals surface area contributed by atoms with Gasteiger partial charge in [0.1, 0.15) is 0 Å². The second-order valence-electron chi connectivity index (χ2n) is 5.85. The minimum Gasteiger partial charge on any atom is -0.493 e. The third-order valence-electron chi connectivity index (χ3n) is 3.59. The highest BCUT2D eigenvalue weighted by Gasteiger charge is 2.08. The number of carbonyl (C=O) groups is 3. The van der Waals surface area contributed by atoms with Crippen LogP contribution in [0, 0.1) is 11.3 Å². The van der Waals surface area contributed by atoms with Crippen LogP contribution in [-0.4, -0.2) is 38.1 Å². The summed E-state index contributed by atoms with van der Waals surface area (Å²) in [6.07, 6.45) is 2.62. The van der Waals surface area contributed by atoms with Gasteiger partial charge in [0.15, 0.2) is 24.7 Å². The molecule has 154 valence electrons. The number of hydrogen-bond acceptors (Lipinski definition) is 7. The molecule has 0 bridgehead atoms. The highest BCUT2D eigenvalue weighted by atomic mass is 16.5. The van der Waals surface area contributed by atoms with E-state index in [9.17, 15) is 14.4 Å². The summed E-state index contributed by atoms with van der Waals surface area (Å²) in [5.41, 5.74) is 6.47. The van der Waals surface area contributed by atoms with Crippen molar-refractivity contribution in [2.45, 2.75) is 0 Å². The Morgan fingerprint density at radius 2 is 1.93 bits per heavy atom. The van der Waals surface area contributed by atoms with Gasteiger partial charge in [-0.25, -0.2) is 4.79 Å². The lowest BCUT2D eigenvalue weighted by molar-refractivity contribution is -0.142. The number of esters is 1. The van der Waals surface area contributed by atoms with Crippen LogP contribution in [-0.2, 0) is 19.1 Å². The number of rotatable bonds is 9. The number of primary amides is 1. The summed E-state index contributed by atoms with van der Waals surface area (Å²) < 4.78 is 15.3. The third-order valence-corrected chi connectivity index (χ3v) is 3.59. The number of hydrogen-bond donors (Lipinski definition) is 2. The Labute approximate surface area is 172 Å². The summed E-state index contributed by atoms with van der Waals surface area (Å²) >= 11 is 0. The first-order valence-corrected chi connectivity index (χ1v) is 8.65. The van der Waals surface area contributed by atoms with Crippen molar-refractivity contribution in [3.8, 4) is 17.6 Å². The lowest BCUT2D eigenvalue weighted by Crippen LogP contribution is -2.20. The fraction of sp³-hybridized carbons (Fsp3) is 0.143. The van der Waals surface area contributed by atoms with Gasteiger partial charge in [-0.05, 0) is 42.0 Å². The molecule has 0 radical (unpaired) electrons. The van der Waals surface area contributed by atoms with E-state index in [0.717, 1.165) is 6.08 Å². The summed E-state index contributed by atoms with van der Waals surface area (Å²) in [5.74, 6) is -1.20. The molecule has 0 fully saturated rings. The first kappa shape index (κ1) is 22.0. The smallest absolute Gasteiger partial charge is 0.331 e. The van der Waals surface area contributed by atoms with Gasteiger partial charge in [0.05, 0.1) is 18.7 Å². The van der Waals surface area contributed by atoms with Gasteiger partial charge in [-0.3, -0.25) is 9.59 Å². The largest absolute Gasteiger partial charge is 0.493 e. The molecule has 2 rings (SSSR count). The fourth-order valence-electron chi connectivity index (χ4n) is 2.27. The number of benzene rings is 2. The average molecular weight is 409 g/mol. The minimum absolute atomic E-state index is 0.291. The van der Waals surface area contributed by atoms with Crippen LogP contribution in [0.4, 0.5) is 5.69 Å². The summed E-state index contributed by atoms with van der Waals surface area (Å²) in [6, 6.07) is 13.1. The summed E-state index contributed by atoms with van der Waals surface area (Å²) in [5, 5.41) is 11.4. The molecule has 30 heavy (non-hydrogen) atoms. The summed E-state index contributed by atoms with van der Waals surface area (Å²) in [6.45, 7) is -0.774. The van der Waals surface area contributed by atoms with Crippen molar-refractivity contribution < 1.29 is 28.6 Å². The molecule has 0 unspecified atom stereocenters. The van der Waals surface area contributed by atoms with Crippen molar-refractivity contribution in [3.05, 3.63) is 59.7 Å². The lowest BCUT2D eigenvalue weighted by atomic mass is 10.2. The van der Waals surface area contributed by atoms with Gasteiger partial charge < -0.3 is 25.3 Å². The van der Waals surface area contributed by atoms with Crippen molar-refractivity contribution in [1.82, 2.24) is 0 Å². The molecule has 0 atom stereocenters. The zero-order valence-corrected chi connectivity index (χ0v) is 16.1. The van der Waals surface area contributed by atoms with Crippen molar-refractivity contribution in [1.29, 1.82) is 5.26 Å². The number of methoxy groups -OCH3 is 1. The van der Waals surface area contributed by atoms with Gasteiger partial charge in [-0.15, -0.1) is 0 Å². The average Bonchev–Trinajstić information content (AvgIpc) is 2.75. The number of nitriles is 1. The van der Waals surface area contributed by atoms with Gasteiger partial charge in [0.2, 0.25) is 0 Å². The zero-order valence-electron chi connectivity index (χ0n) is 16.1. The molecule has 0 aliphatic carbocycles. The number of nitrogens with one attached hydrogen (secondary N) is 1. The van der Waals surface area contributed by atoms with E-state index in [0.29, 0.717) is 28.3 Å². The van der Waals surface area contributed by atoms with E-state index in [1.165, 1.54) is 19.3 Å². The van der Waals surface area contributed by atoms with Crippen LogP contribution in [0.3, 0.4) is 0 Å². The van der Waals surface area contributed by atoms with Gasteiger partial charge >= 0.3 is 5.97 Å². The van der Waals surface area contributed by atoms with Crippen molar-refractivity contribution >= 4 is 29.5 Å². The van der Waals surface area contributed by atoms with E-state index in [1.807, 2.05) is 6.07 Å². The normalized spacial score (nSPS) is 10.1. The monoisotopic (exact) mass is 409 g/mol. The maximum absolute atomic E-state index is 11.9. The second-order valence-corrected chi connectivity index (χ2v) is 5.85. The van der Waals surface area contributed by atoms with Crippen LogP contribution in [0.5, 0.6) is 11.5 Å². The SMILES string of the molecule is COc1cc(/C=C/C(=O)OCC(=O)Nc2cccc(C#N)c2)ccc1OCC(N)=O. The molecule has 0 saturated heterocycles. The Hall–Kier alpha value is -4.32. The van der Waals surface area contributed by atoms with Gasteiger partial charge in [0.25, 0.3) is 11.8 Å². The molecule has 2 aromatic rings. The molecule has 9 heteroatoms. The maximum Gasteiger partial charge on any atom is 0.331 e. The molecule has 9 nitrogen and oxygen atoms in total. The first-order chi connectivity index (χ1) is 14.4.